The van der Waals surface area contributed by atoms with Crippen LogP contribution in [0, 0.1) is 18.8 Å². The summed E-state index contributed by atoms with van der Waals surface area (Å²) >= 11 is 6.19. The molecule has 5 rings (SSSR count). The van der Waals surface area contributed by atoms with Gasteiger partial charge in [-0.1, -0.05) is 84.8 Å². The summed E-state index contributed by atoms with van der Waals surface area (Å²) in [4.78, 5) is 34.0. The van der Waals surface area contributed by atoms with Crippen LogP contribution in [0.1, 0.15) is 48.7 Å². The van der Waals surface area contributed by atoms with Gasteiger partial charge in [-0.25, -0.2) is 4.98 Å². The number of halogens is 1. The summed E-state index contributed by atoms with van der Waals surface area (Å²) in [6, 6.07) is 22.4. The zero-order valence-electron chi connectivity index (χ0n) is 25.0. The summed E-state index contributed by atoms with van der Waals surface area (Å²) in [5.74, 6) is 1.39. The molecule has 9 heteroatoms. The lowest BCUT2D eigenvalue weighted by atomic mass is 10.1. The Labute approximate surface area is 254 Å². The highest BCUT2D eigenvalue weighted by molar-refractivity contribution is 6.29. The Balaban J connectivity index is 0.000000507. The first-order valence-corrected chi connectivity index (χ1v) is 14.8. The Hall–Kier alpha value is -3.46. The Morgan fingerprint density at radius 3 is 2.36 bits per heavy atom. The van der Waals surface area contributed by atoms with Crippen LogP contribution < -0.4 is 15.5 Å². The molecule has 8 nitrogen and oxygen atoms in total. The molecule has 2 unspecified atom stereocenters. The maximum absolute atomic E-state index is 13.1. The molecule has 0 radical (unpaired) electrons. The maximum atomic E-state index is 13.1. The summed E-state index contributed by atoms with van der Waals surface area (Å²) in [5.41, 5.74) is 2.05. The summed E-state index contributed by atoms with van der Waals surface area (Å²) in [6.07, 6.45) is 0.103. The number of aliphatic hydroxyl groups excluding tert-OH is 1. The molecular formula is C33H42ClN5O3. The van der Waals surface area contributed by atoms with Crippen LogP contribution in [0.4, 0.5) is 5.82 Å². The van der Waals surface area contributed by atoms with Crippen LogP contribution in [-0.2, 0) is 11.3 Å². The van der Waals surface area contributed by atoms with Crippen molar-refractivity contribution >= 4 is 29.2 Å². The van der Waals surface area contributed by atoms with Crippen molar-refractivity contribution in [2.75, 3.05) is 25.0 Å². The van der Waals surface area contributed by atoms with Crippen molar-refractivity contribution in [1.82, 2.24) is 20.5 Å². The molecular weight excluding hydrogens is 550 g/mol. The van der Waals surface area contributed by atoms with Gasteiger partial charge in [0.2, 0.25) is 5.91 Å². The fourth-order valence-electron chi connectivity index (χ4n) is 5.13. The number of nitrogens with one attached hydrogen (secondary N) is 2. The third-order valence-corrected chi connectivity index (χ3v) is 8.11. The molecule has 2 aliphatic rings. The Bertz CT molecular complexity index is 1350. The first kappa shape index (κ1) is 31.5. The predicted molar refractivity (Wildman–Crippen MR) is 167 cm³/mol. The monoisotopic (exact) mass is 591 g/mol. The predicted octanol–water partition coefficient (Wildman–Crippen LogP) is 4.65. The van der Waals surface area contributed by atoms with Crippen molar-refractivity contribution in [2.24, 2.45) is 11.8 Å². The molecule has 4 atom stereocenters. The minimum absolute atomic E-state index is 0.0812. The van der Waals surface area contributed by atoms with Crippen molar-refractivity contribution in [3.05, 3.63) is 94.6 Å². The molecule has 2 heterocycles. The lowest BCUT2D eigenvalue weighted by molar-refractivity contribution is -0.133. The van der Waals surface area contributed by atoms with Crippen molar-refractivity contribution in [3.63, 3.8) is 0 Å². The Kier molecular flexibility index (Phi) is 10.2. The second-order valence-electron chi connectivity index (χ2n) is 11.9. The summed E-state index contributed by atoms with van der Waals surface area (Å²) < 4.78 is 0. The first-order valence-electron chi connectivity index (χ1n) is 14.4. The highest BCUT2D eigenvalue weighted by Crippen LogP contribution is 2.38. The van der Waals surface area contributed by atoms with Gasteiger partial charge in [0.15, 0.2) is 0 Å². The van der Waals surface area contributed by atoms with Crippen LogP contribution in [0.2, 0.25) is 5.15 Å². The van der Waals surface area contributed by atoms with E-state index in [0.29, 0.717) is 29.8 Å². The second-order valence-corrected chi connectivity index (χ2v) is 12.3. The third kappa shape index (κ3) is 8.31. The molecule has 3 N–H and O–H groups in total. The normalized spacial score (nSPS) is 21.3. The van der Waals surface area contributed by atoms with Gasteiger partial charge >= 0.3 is 0 Å². The van der Waals surface area contributed by atoms with Gasteiger partial charge in [-0.3, -0.25) is 14.9 Å². The molecule has 1 saturated carbocycles. The number of nitrogens with zero attached hydrogens (tertiary/aromatic N) is 3. The van der Waals surface area contributed by atoms with Crippen molar-refractivity contribution in [3.8, 4) is 0 Å². The fourth-order valence-corrected chi connectivity index (χ4v) is 5.33. The first-order chi connectivity index (χ1) is 19.9. The molecule has 1 aliphatic carbocycles. The maximum Gasteiger partial charge on any atom is 0.251 e. The largest absolute Gasteiger partial charge is 0.389 e. The topological polar surface area (TPSA) is 97.8 Å². The number of hydrogen-bond donors (Lipinski definition) is 3. The van der Waals surface area contributed by atoms with E-state index >= 15 is 0 Å². The number of aryl methyl sites for hydroxylation is 1. The van der Waals surface area contributed by atoms with E-state index in [9.17, 15) is 14.7 Å². The van der Waals surface area contributed by atoms with Crippen LogP contribution in [0.3, 0.4) is 0 Å². The minimum Gasteiger partial charge on any atom is -0.389 e. The van der Waals surface area contributed by atoms with Crippen LogP contribution in [0.25, 0.3) is 0 Å². The second kappa shape index (κ2) is 13.7. The molecule has 3 aromatic rings. The molecule has 0 spiro atoms. The molecule has 1 saturated heterocycles. The molecule has 1 aliphatic heterocycles. The zero-order chi connectivity index (χ0) is 30.4. The molecule has 2 fully saturated rings. The van der Waals surface area contributed by atoms with Gasteiger partial charge in [-0.2, -0.15) is 0 Å². The highest BCUT2D eigenvalue weighted by atomic mass is 35.5. The van der Waals surface area contributed by atoms with E-state index in [-0.39, 0.29) is 23.5 Å². The smallest absolute Gasteiger partial charge is 0.251 e. The van der Waals surface area contributed by atoms with E-state index < -0.39 is 17.8 Å². The summed E-state index contributed by atoms with van der Waals surface area (Å²) in [6.45, 7) is 9.32. The van der Waals surface area contributed by atoms with E-state index in [1.165, 1.54) is 18.1 Å². The van der Waals surface area contributed by atoms with Gasteiger partial charge in [-0.05, 0) is 56.7 Å². The molecule has 1 aromatic heterocycles. The van der Waals surface area contributed by atoms with Crippen LogP contribution in [0.5, 0.6) is 0 Å². The van der Waals surface area contributed by atoms with Crippen molar-refractivity contribution in [1.29, 1.82) is 0 Å². The molecule has 42 heavy (non-hydrogen) atoms. The van der Waals surface area contributed by atoms with Gasteiger partial charge in [0.25, 0.3) is 5.91 Å². The van der Waals surface area contributed by atoms with Gasteiger partial charge in [0.05, 0.1) is 11.8 Å². The molecule has 224 valence electrons. The van der Waals surface area contributed by atoms with E-state index in [1.807, 2.05) is 74.3 Å². The number of aliphatic hydroxyl groups is 1. The number of hydrogen-bond acceptors (Lipinski definition) is 6. The highest BCUT2D eigenvalue weighted by Gasteiger charge is 2.47. The number of carbonyl (C=O) groups excluding carboxylic acids is 2. The molecule has 2 amide bonds. The van der Waals surface area contributed by atoms with E-state index in [1.54, 1.807) is 11.0 Å². The zero-order valence-corrected chi connectivity index (χ0v) is 25.8. The number of amides is 2. The van der Waals surface area contributed by atoms with Crippen molar-refractivity contribution in [2.45, 2.75) is 58.5 Å². The van der Waals surface area contributed by atoms with E-state index in [2.05, 4.69) is 41.6 Å². The average Bonchev–Trinajstić information content (AvgIpc) is 3.61. The van der Waals surface area contributed by atoms with E-state index in [4.69, 9.17) is 11.6 Å². The molecule has 2 aromatic carbocycles. The SMILES string of the molecule is C[C@H]1C[C@@H]1CN(C)c1cc(C(=O)NCC(O)C2NC(C)(C)N(Cc3ccccc3)C2=O)cc(Cl)n1.Cc1ccccc1. The van der Waals surface area contributed by atoms with Crippen LogP contribution >= 0.6 is 11.6 Å². The van der Waals surface area contributed by atoms with Crippen LogP contribution in [-0.4, -0.2) is 64.8 Å². The summed E-state index contributed by atoms with van der Waals surface area (Å²) in [7, 11) is 1.94. The van der Waals surface area contributed by atoms with Crippen molar-refractivity contribution < 1.29 is 14.7 Å². The Morgan fingerprint density at radius 2 is 1.79 bits per heavy atom. The minimum atomic E-state index is -1.10. The van der Waals surface area contributed by atoms with E-state index in [0.717, 1.165) is 12.1 Å². The van der Waals surface area contributed by atoms with Gasteiger partial charge in [0, 0.05) is 32.2 Å². The quantitative estimate of drug-likeness (QED) is 0.314. The van der Waals surface area contributed by atoms with Gasteiger partial charge in [-0.15, -0.1) is 0 Å². The van der Waals surface area contributed by atoms with Gasteiger partial charge in [0.1, 0.15) is 17.0 Å². The lowest BCUT2D eigenvalue weighted by Gasteiger charge is -2.31. The molecule has 0 bridgehead atoms. The number of rotatable bonds is 9. The summed E-state index contributed by atoms with van der Waals surface area (Å²) in [5, 5.41) is 17.0. The third-order valence-electron chi connectivity index (χ3n) is 7.91. The number of pyridine rings is 1. The van der Waals surface area contributed by atoms with Gasteiger partial charge < -0.3 is 20.2 Å². The van der Waals surface area contributed by atoms with Crippen LogP contribution in [0.15, 0.2) is 72.8 Å². The average molecular weight is 592 g/mol. The number of aromatic nitrogens is 1. The number of carbonyl (C=O) groups is 2. The number of benzene rings is 2. The number of anilines is 1. The lowest BCUT2D eigenvalue weighted by Crippen LogP contribution is -2.50. The standard InChI is InChI=1S/C26H34ClN5O3.C7H8/c1-16-10-19(16)15-31(4)22-12-18(11-21(27)29-22)24(34)28-13-20(33)23-25(35)32(26(2,3)30-23)14-17-8-6-5-7-9-17;1-7-5-3-2-4-6-7/h5-9,11-12,16,19-20,23,30,33H,10,13-15H2,1-4H3,(H,28,34);2-6H,1H3/t16-,19+,20?,23?;/m0./s1. The fraction of sp³-hybridized carbons (Fsp3) is 0.424. The Morgan fingerprint density at radius 1 is 1.17 bits per heavy atom.